The van der Waals surface area contributed by atoms with Gasteiger partial charge >= 0.3 is 0 Å². The lowest BCUT2D eigenvalue weighted by Crippen LogP contribution is -2.02. The monoisotopic (exact) mass is 317 g/mol. The van der Waals surface area contributed by atoms with Crippen molar-refractivity contribution < 1.29 is 0 Å². The maximum absolute atomic E-state index is 6.27. The number of benzene rings is 1. The molecule has 0 amide bonds. The molecule has 0 saturated carbocycles. The molecule has 0 fully saturated rings. The van der Waals surface area contributed by atoms with Crippen molar-refractivity contribution in [1.82, 2.24) is 9.97 Å². The number of rotatable bonds is 3. The molecule has 106 valence electrons. The van der Waals surface area contributed by atoms with Gasteiger partial charge in [0.15, 0.2) is 0 Å². The third-order valence-electron chi connectivity index (χ3n) is 3.11. The van der Waals surface area contributed by atoms with E-state index >= 15 is 0 Å². The van der Waals surface area contributed by atoms with Crippen molar-refractivity contribution in [2.45, 2.75) is 6.92 Å². The Balaban J connectivity index is 2.15. The van der Waals surface area contributed by atoms with Gasteiger partial charge in [0.25, 0.3) is 0 Å². The van der Waals surface area contributed by atoms with Crippen molar-refractivity contribution in [2.24, 2.45) is 0 Å². The van der Waals surface area contributed by atoms with Gasteiger partial charge in [0.1, 0.15) is 11.5 Å². The Labute approximate surface area is 132 Å². The number of hydrogen-bond acceptors (Lipinski definition) is 3. The van der Waals surface area contributed by atoms with E-state index in [1.54, 1.807) is 6.07 Å². The molecular weight excluding hydrogens is 305 g/mol. The number of halogens is 2. The first-order chi connectivity index (χ1) is 10.2. The summed E-state index contributed by atoms with van der Waals surface area (Å²) in [5.74, 6) is 0.619. The third-order valence-corrected chi connectivity index (χ3v) is 3.69. The summed E-state index contributed by atoms with van der Waals surface area (Å²) in [6.07, 6.45) is 0. The molecule has 3 aromatic rings. The first-order valence-electron chi connectivity index (χ1n) is 6.65. The van der Waals surface area contributed by atoms with Gasteiger partial charge in [0.2, 0.25) is 0 Å². The number of nitrogens with zero attached hydrogens (tertiary/aromatic N) is 2. The number of nitrogens with one attached hydrogen (secondary N) is 1. The molecule has 2 aromatic heterocycles. The van der Waals surface area contributed by atoms with E-state index in [-0.39, 0.29) is 0 Å². The van der Waals surface area contributed by atoms with E-state index in [9.17, 15) is 0 Å². The molecule has 0 aliphatic carbocycles. The minimum atomic E-state index is 0.490. The minimum Gasteiger partial charge on any atom is -0.369 e. The Morgan fingerprint density at radius 3 is 2.62 bits per heavy atom. The molecule has 0 atom stereocenters. The molecular formula is C16H13Cl2N3. The fraction of sp³-hybridized carbons (Fsp3) is 0.125. The largest absolute Gasteiger partial charge is 0.369 e. The quantitative estimate of drug-likeness (QED) is 0.735. The highest BCUT2D eigenvalue weighted by Crippen LogP contribution is 2.32. The Hall–Kier alpha value is -1.84. The fourth-order valence-electron chi connectivity index (χ4n) is 2.14. The number of aromatic nitrogens is 2. The van der Waals surface area contributed by atoms with Crippen LogP contribution in [-0.4, -0.2) is 16.5 Å². The average molecular weight is 318 g/mol. The van der Waals surface area contributed by atoms with Gasteiger partial charge in [-0.25, -0.2) is 9.97 Å². The molecule has 3 rings (SSSR count). The van der Waals surface area contributed by atoms with Crippen LogP contribution >= 0.6 is 23.2 Å². The lowest BCUT2D eigenvalue weighted by atomic mass is 10.1. The molecule has 0 saturated heterocycles. The van der Waals surface area contributed by atoms with E-state index in [0.29, 0.717) is 21.6 Å². The van der Waals surface area contributed by atoms with E-state index in [2.05, 4.69) is 15.3 Å². The van der Waals surface area contributed by atoms with Crippen molar-refractivity contribution in [3.05, 3.63) is 52.5 Å². The first kappa shape index (κ1) is 14.1. The maximum Gasteiger partial charge on any atom is 0.145 e. The molecule has 2 heterocycles. The first-order valence-corrected chi connectivity index (χ1v) is 7.40. The highest BCUT2D eigenvalue weighted by Gasteiger charge is 2.12. The molecule has 0 bridgehead atoms. The molecule has 1 N–H and O–H groups in total. The standard InChI is InChI=1S/C16H13Cl2N3/c1-2-19-16-12(18)9-11(17)15(21-16)14-8-7-10-5-3-4-6-13(10)20-14/h3-9H,2H2,1H3,(H,19,21). The summed E-state index contributed by atoms with van der Waals surface area (Å²) < 4.78 is 0. The zero-order valence-electron chi connectivity index (χ0n) is 11.4. The summed E-state index contributed by atoms with van der Waals surface area (Å²) in [5, 5.41) is 5.20. The molecule has 0 spiro atoms. The highest BCUT2D eigenvalue weighted by molar-refractivity contribution is 6.37. The highest BCUT2D eigenvalue weighted by atomic mass is 35.5. The summed E-state index contributed by atoms with van der Waals surface area (Å²) >= 11 is 12.4. The van der Waals surface area contributed by atoms with Crippen LogP contribution in [0.5, 0.6) is 0 Å². The van der Waals surface area contributed by atoms with Crippen LogP contribution in [0.3, 0.4) is 0 Å². The average Bonchev–Trinajstić information content (AvgIpc) is 2.49. The SMILES string of the molecule is CCNc1nc(-c2ccc3ccccc3n2)c(Cl)cc1Cl. The van der Waals surface area contributed by atoms with Crippen LogP contribution in [0.15, 0.2) is 42.5 Å². The van der Waals surface area contributed by atoms with Crippen molar-refractivity contribution >= 4 is 39.9 Å². The zero-order valence-corrected chi connectivity index (χ0v) is 12.9. The van der Waals surface area contributed by atoms with Crippen molar-refractivity contribution in [3.63, 3.8) is 0 Å². The van der Waals surface area contributed by atoms with Gasteiger partial charge < -0.3 is 5.32 Å². The number of fused-ring (bicyclic) bond motifs is 1. The molecule has 0 aliphatic rings. The van der Waals surface area contributed by atoms with E-state index < -0.39 is 0 Å². The van der Waals surface area contributed by atoms with Gasteiger partial charge in [0.05, 0.1) is 21.3 Å². The van der Waals surface area contributed by atoms with Gasteiger partial charge in [0, 0.05) is 11.9 Å². The number of pyridine rings is 2. The molecule has 3 nitrogen and oxygen atoms in total. The third kappa shape index (κ3) is 2.80. The van der Waals surface area contributed by atoms with E-state index in [1.807, 2.05) is 43.3 Å². The van der Waals surface area contributed by atoms with Gasteiger partial charge in [-0.3, -0.25) is 0 Å². The molecule has 0 radical (unpaired) electrons. The summed E-state index contributed by atoms with van der Waals surface area (Å²) in [6, 6.07) is 13.6. The molecule has 1 aromatic carbocycles. The van der Waals surface area contributed by atoms with Crippen LogP contribution in [0.25, 0.3) is 22.3 Å². The van der Waals surface area contributed by atoms with Crippen LogP contribution in [0.1, 0.15) is 6.92 Å². The van der Waals surface area contributed by atoms with Gasteiger partial charge in [-0.2, -0.15) is 0 Å². The van der Waals surface area contributed by atoms with Crippen LogP contribution < -0.4 is 5.32 Å². The van der Waals surface area contributed by atoms with Crippen LogP contribution in [0.4, 0.5) is 5.82 Å². The summed E-state index contributed by atoms with van der Waals surface area (Å²) in [7, 11) is 0. The minimum absolute atomic E-state index is 0.490. The van der Waals surface area contributed by atoms with Crippen LogP contribution in [0, 0.1) is 0 Å². The topological polar surface area (TPSA) is 37.8 Å². The second-order valence-corrected chi connectivity index (χ2v) is 5.38. The second-order valence-electron chi connectivity index (χ2n) is 4.57. The van der Waals surface area contributed by atoms with Crippen molar-refractivity contribution in [3.8, 4) is 11.4 Å². The smallest absolute Gasteiger partial charge is 0.145 e. The zero-order chi connectivity index (χ0) is 14.8. The molecule has 21 heavy (non-hydrogen) atoms. The van der Waals surface area contributed by atoms with Crippen LogP contribution in [-0.2, 0) is 0 Å². The number of anilines is 1. The molecule has 0 unspecified atom stereocenters. The summed E-state index contributed by atoms with van der Waals surface area (Å²) in [5.41, 5.74) is 2.27. The fourth-order valence-corrected chi connectivity index (χ4v) is 2.66. The Morgan fingerprint density at radius 1 is 1.00 bits per heavy atom. The molecule has 5 heteroatoms. The van der Waals surface area contributed by atoms with Gasteiger partial charge in [-0.1, -0.05) is 47.5 Å². The predicted molar refractivity (Wildman–Crippen MR) is 89.2 cm³/mol. The number of hydrogen-bond donors (Lipinski definition) is 1. The normalized spacial score (nSPS) is 10.8. The van der Waals surface area contributed by atoms with Crippen molar-refractivity contribution in [2.75, 3.05) is 11.9 Å². The number of para-hydroxylation sites is 1. The second kappa shape index (κ2) is 5.88. The summed E-state index contributed by atoms with van der Waals surface area (Å²) in [4.78, 5) is 9.12. The Bertz CT molecular complexity index is 803. The van der Waals surface area contributed by atoms with Gasteiger partial charge in [-0.15, -0.1) is 0 Å². The van der Waals surface area contributed by atoms with Gasteiger partial charge in [-0.05, 0) is 25.1 Å². The maximum atomic E-state index is 6.27. The lowest BCUT2D eigenvalue weighted by Gasteiger charge is -2.10. The molecule has 0 aliphatic heterocycles. The summed E-state index contributed by atoms with van der Waals surface area (Å²) in [6.45, 7) is 2.72. The van der Waals surface area contributed by atoms with Crippen LogP contribution in [0.2, 0.25) is 10.0 Å². The van der Waals surface area contributed by atoms with E-state index in [0.717, 1.165) is 23.1 Å². The lowest BCUT2D eigenvalue weighted by molar-refractivity contribution is 1.16. The Morgan fingerprint density at radius 2 is 1.81 bits per heavy atom. The Kier molecular flexibility index (Phi) is 3.95. The van der Waals surface area contributed by atoms with Crippen molar-refractivity contribution in [1.29, 1.82) is 0 Å². The van der Waals surface area contributed by atoms with E-state index in [1.165, 1.54) is 0 Å². The van der Waals surface area contributed by atoms with E-state index in [4.69, 9.17) is 23.2 Å². The predicted octanol–water partition coefficient (Wildman–Crippen LogP) is 5.04.